The van der Waals surface area contributed by atoms with E-state index < -0.39 is 53.8 Å². The van der Waals surface area contributed by atoms with E-state index in [2.05, 4.69) is 20.7 Å². The lowest BCUT2D eigenvalue weighted by Crippen LogP contribution is -2.44. The maximum Gasteiger partial charge on any atom is 0.416 e. The van der Waals surface area contributed by atoms with Crippen molar-refractivity contribution >= 4 is 40.6 Å². The largest absolute Gasteiger partial charge is 0.486 e. The van der Waals surface area contributed by atoms with Crippen molar-refractivity contribution in [3.63, 3.8) is 0 Å². The number of carboxylic acid groups (broad SMARTS) is 1. The molecule has 1 unspecified atom stereocenters. The van der Waals surface area contributed by atoms with Gasteiger partial charge in [0, 0.05) is 36.3 Å². The molecule has 3 amide bonds. The molecule has 4 N–H and O–H groups in total. The van der Waals surface area contributed by atoms with Crippen molar-refractivity contribution in [2.24, 2.45) is 0 Å². The van der Waals surface area contributed by atoms with E-state index in [0.717, 1.165) is 40.5 Å². The zero-order valence-corrected chi connectivity index (χ0v) is 25.6. The highest BCUT2D eigenvalue weighted by Gasteiger charge is 2.23. The third-order valence-corrected chi connectivity index (χ3v) is 7.03. The molecule has 16 heteroatoms. The molecule has 0 spiro atoms. The molecule has 0 saturated carbocycles. The van der Waals surface area contributed by atoms with Gasteiger partial charge in [-0.2, -0.15) is 0 Å². The summed E-state index contributed by atoms with van der Waals surface area (Å²) in [5.74, 6) is -3.88. The minimum absolute atomic E-state index is 0.0135. The van der Waals surface area contributed by atoms with Crippen LogP contribution in [0.4, 0.5) is 28.4 Å². The number of halogens is 3. The third-order valence-electron chi connectivity index (χ3n) is 7.03. The van der Waals surface area contributed by atoms with Crippen molar-refractivity contribution in [1.82, 2.24) is 19.8 Å². The molecule has 0 fully saturated rings. The molecule has 48 heavy (non-hydrogen) atoms. The van der Waals surface area contributed by atoms with E-state index in [1.165, 1.54) is 43.6 Å². The van der Waals surface area contributed by atoms with Crippen molar-refractivity contribution in [1.29, 1.82) is 0 Å². The second-order valence-corrected chi connectivity index (χ2v) is 10.2. The van der Waals surface area contributed by atoms with Gasteiger partial charge in [0.1, 0.15) is 47.1 Å². The molecule has 0 bridgehead atoms. The Labute approximate surface area is 270 Å². The first-order valence-electron chi connectivity index (χ1n) is 14.3. The van der Waals surface area contributed by atoms with Crippen LogP contribution in [0.25, 0.3) is 10.9 Å². The second kappa shape index (κ2) is 15.5. The van der Waals surface area contributed by atoms with E-state index in [9.17, 15) is 42.3 Å². The van der Waals surface area contributed by atoms with Crippen LogP contribution in [-0.2, 0) is 27.5 Å². The van der Waals surface area contributed by atoms with Crippen LogP contribution in [0.1, 0.15) is 24.1 Å². The SMILES string of the molecule is CNC(=O)/C=C/CCC(NC(=O)OC)C(=O)Nc1cccn(Cc2cc3cc(F)cc(OCc4ccc(F)cc4F)c3n2C(=O)O)c1=O. The van der Waals surface area contributed by atoms with Crippen LogP contribution in [0.2, 0.25) is 0 Å². The van der Waals surface area contributed by atoms with Crippen LogP contribution in [0.15, 0.2) is 71.7 Å². The van der Waals surface area contributed by atoms with Gasteiger partial charge in [0.2, 0.25) is 11.8 Å². The number of ether oxygens (including phenoxy) is 2. The number of methoxy groups -OCH3 is 1. The number of amides is 3. The van der Waals surface area contributed by atoms with Crippen LogP contribution in [0, 0.1) is 17.5 Å². The summed E-state index contributed by atoms with van der Waals surface area (Å²) in [5, 5.41) is 17.4. The Morgan fingerprint density at radius 1 is 1.04 bits per heavy atom. The summed E-state index contributed by atoms with van der Waals surface area (Å²) in [6.45, 7) is -0.826. The average molecular weight is 670 g/mol. The number of carbonyl (C=O) groups is 4. The number of nitrogens with zero attached hydrogens (tertiary/aromatic N) is 2. The molecule has 4 aromatic rings. The Kier molecular flexibility index (Phi) is 11.2. The number of likely N-dealkylation sites (N-methyl/N-ethyl adjacent to an activating group) is 1. The summed E-state index contributed by atoms with van der Waals surface area (Å²) in [5.41, 5.74) is -1.06. The Hall–Kier alpha value is -6.06. The van der Waals surface area contributed by atoms with Gasteiger partial charge >= 0.3 is 12.2 Å². The summed E-state index contributed by atoms with van der Waals surface area (Å²) < 4.78 is 54.1. The van der Waals surface area contributed by atoms with Gasteiger partial charge in [-0.15, -0.1) is 0 Å². The molecule has 13 nitrogen and oxygen atoms in total. The number of anilines is 1. The lowest BCUT2D eigenvalue weighted by atomic mass is 10.1. The van der Waals surface area contributed by atoms with Crippen molar-refractivity contribution in [2.75, 3.05) is 19.5 Å². The Balaban J connectivity index is 1.61. The van der Waals surface area contributed by atoms with Gasteiger partial charge in [-0.1, -0.05) is 6.08 Å². The van der Waals surface area contributed by atoms with Gasteiger partial charge in [-0.25, -0.2) is 27.3 Å². The zero-order chi connectivity index (χ0) is 35.0. The highest BCUT2D eigenvalue weighted by Crippen LogP contribution is 2.32. The van der Waals surface area contributed by atoms with Crippen molar-refractivity contribution in [3.8, 4) is 5.75 Å². The number of hydrogen-bond acceptors (Lipinski definition) is 7. The lowest BCUT2D eigenvalue weighted by Gasteiger charge is -2.17. The van der Waals surface area contributed by atoms with E-state index in [4.69, 9.17) is 4.74 Å². The highest BCUT2D eigenvalue weighted by molar-refractivity contribution is 5.96. The fourth-order valence-corrected chi connectivity index (χ4v) is 4.73. The van der Waals surface area contributed by atoms with E-state index in [-0.39, 0.29) is 58.9 Å². The van der Waals surface area contributed by atoms with Crippen LogP contribution in [0.3, 0.4) is 0 Å². The first kappa shape index (κ1) is 34.8. The standard InChI is InChI=1S/C32H30F3N5O8/c1-36-27(41)8-4-3-6-24(38-31(44)47-2)29(42)37-25-7-5-11-39(30(25)43)16-22-13-19-12-21(34)15-26(28(19)40(22)32(45)46)48-17-18-9-10-20(33)14-23(18)35/h4-5,7-15,24H,3,6,16-17H2,1-2H3,(H,36,41)(H,37,42)(H,38,44)(H,45,46)/b8-4+. The molecule has 0 aliphatic rings. The topological polar surface area (TPSA) is 170 Å². The monoisotopic (exact) mass is 669 g/mol. The quantitative estimate of drug-likeness (QED) is 0.163. The van der Waals surface area contributed by atoms with E-state index in [1.807, 2.05) is 0 Å². The van der Waals surface area contributed by atoms with Gasteiger partial charge in [-0.3, -0.25) is 14.4 Å². The molecule has 252 valence electrons. The smallest absolute Gasteiger partial charge is 0.416 e. The summed E-state index contributed by atoms with van der Waals surface area (Å²) in [6.07, 6.45) is 1.95. The van der Waals surface area contributed by atoms with Gasteiger partial charge in [0.15, 0.2) is 0 Å². The van der Waals surface area contributed by atoms with Crippen LogP contribution < -0.4 is 26.2 Å². The molecular formula is C32H30F3N5O8. The fourth-order valence-electron chi connectivity index (χ4n) is 4.73. The van der Waals surface area contributed by atoms with E-state index in [0.29, 0.717) is 6.07 Å². The minimum atomic E-state index is -1.50. The van der Waals surface area contributed by atoms with Gasteiger partial charge in [-0.05, 0) is 55.3 Å². The molecule has 0 aliphatic carbocycles. The number of hydrogen-bond donors (Lipinski definition) is 4. The summed E-state index contributed by atoms with van der Waals surface area (Å²) >= 11 is 0. The van der Waals surface area contributed by atoms with Gasteiger partial charge in [0.05, 0.1) is 19.3 Å². The van der Waals surface area contributed by atoms with Crippen LogP contribution in [0.5, 0.6) is 5.75 Å². The molecule has 0 aliphatic heterocycles. The van der Waals surface area contributed by atoms with Crippen molar-refractivity contribution in [3.05, 3.63) is 106 Å². The number of fused-ring (bicyclic) bond motifs is 1. The number of benzene rings is 2. The Morgan fingerprint density at radius 2 is 1.81 bits per heavy atom. The Morgan fingerprint density at radius 3 is 2.50 bits per heavy atom. The molecule has 4 rings (SSSR count). The zero-order valence-electron chi connectivity index (χ0n) is 25.6. The number of rotatable bonds is 12. The molecule has 2 aromatic carbocycles. The predicted molar refractivity (Wildman–Crippen MR) is 166 cm³/mol. The molecule has 0 radical (unpaired) electrons. The third kappa shape index (κ3) is 8.39. The normalized spacial score (nSPS) is 11.7. The van der Waals surface area contributed by atoms with Crippen molar-refractivity contribution < 1.29 is 46.9 Å². The number of nitrogens with one attached hydrogen (secondary N) is 3. The summed E-state index contributed by atoms with van der Waals surface area (Å²) in [6, 6.07) is 7.67. The van der Waals surface area contributed by atoms with Crippen LogP contribution in [-0.4, -0.2) is 58.4 Å². The van der Waals surface area contributed by atoms with Gasteiger partial charge < -0.3 is 35.1 Å². The minimum Gasteiger partial charge on any atom is -0.486 e. The molecule has 1 atom stereocenters. The van der Waals surface area contributed by atoms with E-state index >= 15 is 0 Å². The molecule has 2 aromatic heterocycles. The Bertz CT molecular complexity index is 1960. The van der Waals surface area contributed by atoms with E-state index in [1.54, 1.807) is 0 Å². The van der Waals surface area contributed by atoms with Crippen LogP contribution >= 0.6 is 0 Å². The summed E-state index contributed by atoms with van der Waals surface area (Å²) in [7, 11) is 2.55. The maximum atomic E-state index is 14.6. The first-order valence-corrected chi connectivity index (χ1v) is 14.3. The summed E-state index contributed by atoms with van der Waals surface area (Å²) in [4.78, 5) is 62.2. The fraction of sp³-hybridized carbons (Fsp3) is 0.219. The lowest BCUT2D eigenvalue weighted by molar-refractivity contribution is -0.118. The maximum absolute atomic E-state index is 14.6. The number of carbonyl (C=O) groups excluding carboxylic acids is 3. The number of aromatic nitrogens is 2. The number of allylic oxidation sites excluding steroid dienone is 1. The number of pyridine rings is 1. The second-order valence-electron chi connectivity index (χ2n) is 10.2. The average Bonchev–Trinajstić information content (AvgIpc) is 3.41. The molecular weight excluding hydrogens is 639 g/mol. The van der Waals surface area contributed by atoms with Gasteiger partial charge in [0.25, 0.3) is 5.56 Å². The molecule has 2 heterocycles. The van der Waals surface area contributed by atoms with Crippen molar-refractivity contribution in [2.45, 2.75) is 32.0 Å². The predicted octanol–water partition coefficient (Wildman–Crippen LogP) is 4.12. The molecule has 0 saturated heterocycles. The highest BCUT2D eigenvalue weighted by atomic mass is 19.1. The first-order chi connectivity index (χ1) is 22.9. The number of alkyl carbamates (subject to hydrolysis) is 1.